The third-order valence-electron chi connectivity index (χ3n) is 4.92. The fraction of sp³-hybridized carbons (Fsp3) is 0.579. The first kappa shape index (κ1) is 18.5. The number of hydrogen-bond acceptors (Lipinski definition) is 5. The highest BCUT2D eigenvalue weighted by Crippen LogP contribution is 2.32. The van der Waals surface area contributed by atoms with Gasteiger partial charge in [-0.05, 0) is 37.8 Å². The lowest BCUT2D eigenvalue weighted by atomic mass is 9.82. The van der Waals surface area contributed by atoms with Crippen LogP contribution in [0.2, 0.25) is 0 Å². The predicted octanol–water partition coefficient (Wildman–Crippen LogP) is 1.95. The highest BCUT2D eigenvalue weighted by molar-refractivity contribution is 5.98. The number of anilines is 1. The number of benzene rings is 1. The fourth-order valence-corrected chi connectivity index (χ4v) is 3.17. The van der Waals surface area contributed by atoms with Crippen molar-refractivity contribution in [2.75, 3.05) is 19.0 Å². The van der Waals surface area contributed by atoms with Gasteiger partial charge in [0.05, 0.1) is 12.6 Å². The molecule has 2 aliphatic rings. The van der Waals surface area contributed by atoms with Crippen LogP contribution in [0.15, 0.2) is 18.2 Å². The molecule has 7 heteroatoms. The summed E-state index contributed by atoms with van der Waals surface area (Å²) >= 11 is 0. The monoisotopic (exact) mass is 361 g/mol. The van der Waals surface area contributed by atoms with E-state index in [-0.39, 0.29) is 24.5 Å². The van der Waals surface area contributed by atoms with Crippen LogP contribution in [-0.2, 0) is 9.59 Å². The van der Waals surface area contributed by atoms with Gasteiger partial charge in [0.2, 0.25) is 5.91 Å². The van der Waals surface area contributed by atoms with E-state index < -0.39 is 5.54 Å². The molecular formula is C19H27N3O4. The molecule has 3 rings (SSSR count). The zero-order valence-electron chi connectivity index (χ0n) is 15.2. The Hall–Kier alpha value is -2.28. The predicted molar refractivity (Wildman–Crippen MR) is 98.3 cm³/mol. The minimum Gasteiger partial charge on any atom is -0.493 e. The van der Waals surface area contributed by atoms with Gasteiger partial charge >= 0.3 is 0 Å². The molecule has 2 aliphatic carbocycles. The van der Waals surface area contributed by atoms with Crippen molar-refractivity contribution in [3.8, 4) is 11.5 Å². The number of methoxy groups -OCH3 is 1. The summed E-state index contributed by atoms with van der Waals surface area (Å²) in [7, 11) is 1.53. The molecule has 0 atom stereocenters. The van der Waals surface area contributed by atoms with Crippen LogP contribution < -0.4 is 25.8 Å². The molecule has 0 radical (unpaired) electrons. The van der Waals surface area contributed by atoms with Crippen molar-refractivity contribution in [2.45, 2.75) is 56.5 Å². The molecule has 0 unspecified atom stereocenters. The second kappa shape index (κ2) is 7.95. The molecule has 0 saturated heterocycles. The number of nitrogens with two attached hydrogens (primary N) is 1. The first-order valence-corrected chi connectivity index (χ1v) is 9.21. The molecule has 1 aromatic rings. The topological polar surface area (TPSA) is 103 Å². The van der Waals surface area contributed by atoms with Gasteiger partial charge in [0.1, 0.15) is 0 Å². The molecule has 1 aromatic carbocycles. The SMILES string of the molecule is COc1ccc(NC(=O)C2(N)CCCCC2)cc1OCC(=O)NC1CC1. The lowest BCUT2D eigenvalue weighted by Gasteiger charge is -2.31. The van der Waals surface area contributed by atoms with E-state index in [1.165, 1.54) is 7.11 Å². The molecule has 0 spiro atoms. The Balaban J connectivity index is 1.63. The van der Waals surface area contributed by atoms with Crippen LogP contribution in [0.1, 0.15) is 44.9 Å². The summed E-state index contributed by atoms with van der Waals surface area (Å²) in [5.74, 6) is 0.570. The molecule has 2 amide bonds. The average molecular weight is 361 g/mol. The van der Waals surface area contributed by atoms with Crippen molar-refractivity contribution in [2.24, 2.45) is 5.73 Å². The molecule has 2 fully saturated rings. The Labute approximate surface area is 153 Å². The molecule has 2 saturated carbocycles. The quantitative estimate of drug-likeness (QED) is 0.689. The molecule has 142 valence electrons. The molecule has 0 aliphatic heterocycles. The number of nitrogens with one attached hydrogen (secondary N) is 2. The highest BCUT2D eigenvalue weighted by Gasteiger charge is 2.35. The van der Waals surface area contributed by atoms with Gasteiger partial charge in [-0.1, -0.05) is 19.3 Å². The molecule has 4 N–H and O–H groups in total. The lowest BCUT2D eigenvalue weighted by Crippen LogP contribution is -2.52. The summed E-state index contributed by atoms with van der Waals surface area (Å²) in [5.41, 5.74) is 6.03. The van der Waals surface area contributed by atoms with Gasteiger partial charge in [-0.15, -0.1) is 0 Å². The van der Waals surface area contributed by atoms with E-state index in [0.717, 1.165) is 32.1 Å². The van der Waals surface area contributed by atoms with Crippen LogP contribution in [0, 0.1) is 0 Å². The summed E-state index contributed by atoms with van der Waals surface area (Å²) in [6, 6.07) is 5.39. The molecule has 0 aromatic heterocycles. The van der Waals surface area contributed by atoms with Crippen LogP contribution in [-0.4, -0.2) is 37.1 Å². The van der Waals surface area contributed by atoms with Gasteiger partial charge < -0.3 is 25.8 Å². The van der Waals surface area contributed by atoms with E-state index in [1.807, 2.05) is 0 Å². The Morgan fingerprint density at radius 2 is 1.92 bits per heavy atom. The van der Waals surface area contributed by atoms with E-state index in [2.05, 4.69) is 10.6 Å². The molecule has 26 heavy (non-hydrogen) atoms. The Morgan fingerprint density at radius 1 is 1.19 bits per heavy atom. The van der Waals surface area contributed by atoms with E-state index in [4.69, 9.17) is 15.2 Å². The van der Waals surface area contributed by atoms with Crippen LogP contribution in [0.25, 0.3) is 0 Å². The van der Waals surface area contributed by atoms with E-state index in [0.29, 0.717) is 30.0 Å². The van der Waals surface area contributed by atoms with Crippen molar-refractivity contribution < 1.29 is 19.1 Å². The first-order valence-electron chi connectivity index (χ1n) is 9.21. The largest absolute Gasteiger partial charge is 0.493 e. The standard InChI is InChI=1S/C19H27N3O4/c1-25-15-8-7-14(22-18(24)19(20)9-3-2-4-10-19)11-16(15)26-12-17(23)21-13-5-6-13/h7-8,11,13H,2-6,9-10,12,20H2,1H3,(H,21,23)(H,22,24). The molecule has 0 heterocycles. The Bertz CT molecular complexity index is 667. The molecular weight excluding hydrogens is 334 g/mol. The van der Waals surface area contributed by atoms with Crippen LogP contribution in [0.4, 0.5) is 5.69 Å². The number of amides is 2. The zero-order valence-corrected chi connectivity index (χ0v) is 15.2. The maximum absolute atomic E-state index is 12.6. The second-order valence-electron chi connectivity index (χ2n) is 7.17. The number of carbonyl (C=O) groups is 2. The number of hydrogen-bond donors (Lipinski definition) is 3. The van der Waals surface area contributed by atoms with Crippen molar-refractivity contribution in [3.05, 3.63) is 18.2 Å². The van der Waals surface area contributed by atoms with Crippen molar-refractivity contribution in [1.29, 1.82) is 0 Å². The lowest BCUT2D eigenvalue weighted by molar-refractivity contribution is -0.123. The van der Waals surface area contributed by atoms with Gasteiger partial charge in [0, 0.05) is 17.8 Å². The van der Waals surface area contributed by atoms with Gasteiger partial charge in [-0.2, -0.15) is 0 Å². The van der Waals surface area contributed by atoms with Crippen molar-refractivity contribution >= 4 is 17.5 Å². The van der Waals surface area contributed by atoms with E-state index >= 15 is 0 Å². The summed E-state index contributed by atoms with van der Waals surface area (Å²) in [5, 5.41) is 5.74. The van der Waals surface area contributed by atoms with E-state index in [9.17, 15) is 9.59 Å². The third-order valence-corrected chi connectivity index (χ3v) is 4.92. The summed E-state index contributed by atoms with van der Waals surface area (Å²) in [6.45, 7) is -0.0922. The zero-order chi connectivity index (χ0) is 18.6. The highest BCUT2D eigenvalue weighted by atomic mass is 16.5. The number of rotatable bonds is 7. The van der Waals surface area contributed by atoms with Crippen molar-refractivity contribution in [3.63, 3.8) is 0 Å². The molecule has 0 bridgehead atoms. The average Bonchev–Trinajstić information content (AvgIpc) is 3.44. The normalized spacial score (nSPS) is 18.7. The van der Waals surface area contributed by atoms with Crippen molar-refractivity contribution in [1.82, 2.24) is 5.32 Å². The maximum Gasteiger partial charge on any atom is 0.258 e. The van der Waals surface area contributed by atoms with E-state index in [1.54, 1.807) is 18.2 Å². The third kappa shape index (κ3) is 4.66. The van der Waals surface area contributed by atoms with Gasteiger partial charge in [0.25, 0.3) is 5.91 Å². The smallest absolute Gasteiger partial charge is 0.258 e. The Morgan fingerprint density at radius 3 is 2.58 bits per heavy atom. The number of ether oxygens (including phenoxy) is 2. The van der Waals surface area contributed by atoms with Crippen LogP contribution in [0.3, 0.4) is 0 Å². The summed E-state index contributed by atoms with van der Waals surface area (Å²) in [6.07, 6.45) is 6.50. The molecule has 7 nitrogen and oxygen atoms in total. The van der Waals surface area contributed by atoms with Gasteiger partial charge in [-0.25, -0.2) is 0 Å². The second-order valence-corrected chi connectivity index (χ2v) is 7.17. The van der Waals surface area contributed by atoms with Gasteiger partial charge in [-0.3, -0.25) is 9.59 Å². The summed E-state index contributed by atoms with van der Waals surface area (Å²) in [4.78, 5) is 24.4. The minimum atomic E-state index is -0.816. The first-order chi connectivity index (χ1) is 12.5. The Kier molecular flexibility index (Phi) is 5.66. The van der Waals surface area contributed by atoms with Gasteiger partial charge in [0.15, 0.2) is 18.1 Å². The van der Waals surface area contributed by atoms with Crippen LogP contribution >= 0.6 is 0 Å². The fourth-order valence-electron chi connectivity index (χ4n) is 3.17. The van der Waals surface area contributed by atoms with Crippen LogP contribution in [0.5, 0.6) is 11.5 Å². The minimum absolute atomic E-state index is 0.0922. The summed E-state index contributed by atoms with van der Waals surface area (Å²) < 4.78 is 10.9. The number of carbonyl (C=O) groups excluding carboxylic acids is 2. The maximum atomic E-state index is 12.6.